The number of benzene rings is 2. The summed E-state index contributed by atoms with van der Waals surface area (Å²) in [5.74, 6) is 1.33. The number of hydrogen-bond donors (Lipinski definition) is 2. The van der Waals surface area contributed by atoms with Gasteiger partial charge in [0.15, 0.2) is 11.5 Å². The summed E-state index contributed by atoms with van der Waals surface area (Å²) in [6.45, 7) is 6.68. The van der Waals surface area contributed by atoms with Crippen LogP contribution in [-0.4, -0.2) is 42.5 Å². The molecule has 3 aromatic rings. The van der Waals surface area contributed by atoms with E-state index in [0.717, 1.165) is 17.0 Å². The Hall–Kier alpha value is -4.01. The SMILES string of the molecule is CCOc1ccccc1NC(=NCc1c(C)nn(C)c1C)NC(=O)c1cccc(OC)c1OC. The number of carbonyl (C=O) groups excluding carboxylic acids is 1. The number of amides is 1. The summed E-state index contributed by atoms with van der Waals surface area (Å²) < 4.78 is 18.3. The molecule has 1 heterocycles. The number of guanidine groups is 1. The van der Waals surface area contributed by atoms with Gasteiger partial charge in [-0.25, -0.2) is 4.99 Å². The molecule has 3 rings (SSSR count). The lowest BCUT2D eigenvalue weighted by Gasteiger charge is -2.16. The molecule has 0 atom stereocenters. The minimum atomic E-state index is -0.393. The van der Waals surface area contributed by atoms with E-state index in [4.69, 9.17) is 14.2 Å². The zero-order valence-electron chi connectivity index (χ0n) is 20.4. The van der Waals surface area contributed by atoms with Crippen LogP contribution in [0.15, 0.2) is 47.5 Å². The molecule has 9 heteroatoms. The van der Waals surface area contributed by atoms with Gasteiger partial charge >= 0.3 is 0 Å². The van der Waals surface area contributed by atoms with Gasteiger partial charge in [-0.05, 0) is 45.0 Å². The number of anilines is 1. The first-order valence-electron chi connectivity index (χ1n) is 10.9. The van der Waals surface area contributed by atoms with Crippen LogP contribution in [0.2, 0.25) is 0 Å². The van der Waals surface area contributed by atoms with Crippen molar-refractivity contribution >= 4 is 17.6 Å². The lowest BCUT2D eigenvalue weighted by atomic mass is 10.1. The van der Waals surface area contributed by atoms with Crippen LogP contribution >= 0.6 is 0 Å². The van der Waals surface area contributed by atoms with Crippen LogP contribution in [0.5, 0.6) is 17.2 Å². The molecule has 0 saturated carbocycles. The highest BCUT2D eigenvalue weighted by Crippen LogP contribution is 2.30. The number of methoxy groups -OCH3 is 2. The summed E-state index contributed by atoms with van der Waals surface area (Å²) in [5.41, 5.74) is 3.90. The number of hydrogen-bond acceptors (Lipinski definition) is 6. The molecule has 2 aromatic carbocycles. The standard InChI is InChI=1S/C25H31N5O4/c1-7-34-21-13-9-8-12-20(21)27-25(26-15-19-16(2)29-30(4)17(19)3)28-24(31)18-11-10-14-22(32-5)23(18)33-6/h8-14H,7,15H2,1-6H3,(H2,26,27,28,31). The van der Waals surface area contributed by atoms with Crippen molar-refractivity contribution in [1.82, 2.24) is 15.1 Å². The second-order valence-corrected chi connectivity index (χ2v) is 7.49. The van der Waals surface area contributed by atoms with Crippen molar-refractivity contribution in [1.29, 1.82) is 0 Å². The van der Waals surface area contributed by atoms with Crippen molar-refractivity contribution in [2.45, 2.75) is 27.3 Å². The highest BCUT2D eigenvalue weighted by molar-refractivity contribution is 6.11. The molecule has 0 aliphatic heterocycles. The molecule has 0 unspecified atom stereocenters. The smallest absolute Gasteiger partial charge is 0.261 e. The van der Waals surface area contributed by atoms with Gasteiger partial charge in [-0.3, -0.25) is 14.8 Å². The first-order chi connectivity index (χ1) is 16.4. The molecule has 2 N–H and O–H groups in total. The van der Waals surface area contributed by atoms with Crippen LogP contribution in [-0.2, 0) is 13.6 Å². The Balaban J connectivity index is 1.96. The average Bonchev–Trinajstić information content (AvgIpc) is 3.08. The summed E-state index contributed by atoms with van der Waals surface area (Å²) in [7, 11) is 4.91. The van der Waals surface area contributed by atoms with Crippen molar-refractivity contribution in [3.8, 4) is 17.2 Å². The Bertz CT molecular complexity index is 1190. The molecule has 1 aromatic heterocycles. The van der Waals surface area contributed by atoms with Crippen molar-refractivity contribution in [2.24, 2.45) is 12.0 Å². The maximum atomic E-state index is 13.2. The van der Waals surface area contributed by atoms with E-state index in [1.54, 1.807) is 18.2 Å². The molecular weight excluding hydrogens is 434 g/mol. The lowest BCUT2D eigenvalue weighted by molar-refractivity contribution is 0.0973. The number of carbonyl (C=O) groups is 1. The minimum Gasteiger partial charge on any atom is -0.493 e. The lowest BCUT2D eigenvalue weighted by Crippen LogP contribution is -2.36. The van der Waals surface area contributed by atoms with Crippen LogP contribution in [0.4, 0.5) is 5.69 Å². The molecule has 180 valence electrons. The van der Waals surface area contributed by atoms with Gasteiger partial charge in [0, 0.05) is 18.3 Å². The first kappa shape index (κ1) is 24.6. The molecule has 0 saturated heterocycles. The maximum absolute atomic E-state index is 13.2. The average molecular weight is 466 g/mol. The second-order valence-electron chi connectivity index (χ2n) is 7.49. The molecule has 0 spiro atoms. The summed E-state index contributed by atoms with van der Waals surface area (Å²) in [4.78, 5) is 17.9. The van der Waals surface area contributed by atoms with Gasteiger partial charge in [0.2, 0.25) is 5.96 Å². The Morgan fingerprint density at radius 3 is 2.44 bits per heavy atom. The summed E-state index contributed by atoms with van der Waals surface area (Å²) in [5, 5.41) is 10.5. The van der Waals surface area contributed by atoms with E-state index in [2.05, 4.69) is 20.7 Å². The van der Waals surface area contributed by atoms with Crippen LogP contribution in [0.1, 0.15) is 34.2 Å². The fourth-order valence-corrected chi connectivity index (χ4v) is 3.53. The van der Waals surface area contributed by atoms with Crippen molar-refractivity contribution < 1.29 is 19.0 Å². The van der Waals surface area contributed by atoms with Crippen molar-refractivity contribution in [2.75, 3.05) is 26.1 Å². The van der Waals surface area contributed by atoms with Crippen molar-refractivity contribution in [3.05, 3.63) is 65.0 Å². The van der Waals surface area contributed by atoms with E-state index in [9.17, 15) is 4.79 Å². The highest BCUT2D eigenvalue weighted by atomic mass is 16.5. The van der Waals surface area contributed by atoms with E-state index in [0.29, 0.717) is 41.7 Å². The third-order valence-corrected chi connectivity index (χ3v) is 5.37. The number of aryl methyl sites for hydroxylation is 2. The predicted molar refractivity (Wildman–Crippen MR) is 132 cm³/mol. The van der Waals surface area contributed by atoms with Crippen LogP contribution in [0.3, 0.4) is 0 Å². The molecule has 0 aliphatic rings. The molecule has 0 aliphatic carbocycles. The Morgan fingerprint density at radius 2 is 1.79 bits per heavy atom. The van der Waals surface area contributed by atoms with Crippen molar-refractivity contribution in [3.63, 3.8) is 0 Å². The zero-order chi connectivity index (χ0) is 24.7. The van der Waals surface area contributed by atoms with Gasteiger partial charge in [-0.2, -0.15) is 5.10 Å². The van der Waals surface area contributed by atoms with Gasteiger partial charge in [-0.1, -0.05) is 18.2 Å². The van der Waals surface area contributed by atoms with Crippen LogP contribution in [0, 0.1) is 13.8 Å². The summed E-state index contributed by atoms with van der Waals surface area (Å²) >= 11 is 0. The van der Waals surface area contributed by atoms with E-state index in [-0.39, 0.29) is 5.96 Å². The minimum absolute atomic E-state index is 0.268. The first-order valence-corrected chi connectivity index (χ1v) is 10.9. The number of aromatic nitrogens is 2. The summed E-state index contributed by atoms with van der Waals surface area (Å²) in [6.07, 6.45) is 0. The number of aliphatic imine (C=N–C) groups is 1. The zero-order valence-corrected chi connectivity index (χ0v) is 20.4. The number of nitrogens with zero attached hydrogens (tertiary/aromatic N) is 3. The molecule has 0 radical (unpaired) electrons. The highest BCUT2D eigenvalue weighted by Gasteiger charge is 2.19. The molecular formula is C25H31N5O4. The van der Waals surface area contributed by atoms with E-state index in [1.165, 1.54) is 14.2 Å². The van der Waals surface area contributed by atoms with Gasteiger partial charge in [0.05, 0.1) is 44.3 Å². The van der Waals surface area contributed by atoms with Gasteiger partial charge in [0.25, 0.3) is 5.91 Å². The predicted octanol–water partition coefficient (Wildman–Crippen LogP) is 3.85. The van der Waals surface area contributed by atoms with Crippen LogP contribution < -0.4 is 24.8 Å². The monoisotopic (exact) mass is 465 g/mol. The largest absolute Gasteiger partial charge is 0.493 e. The van der Waals surface area contributed by atoms with E-state index >= 15 is 0 Å². The molecule has 9 nitrogen and oxygen atoms in total. The molecule has 0 fully saturated rings. The van der Waals surface area contributed by atoms with E-state index in [1.807, 2.05) is 56.8 Å². The Labute approximate surface area is 199 Å². The second kappa shape index (κ2) is 11.2. The summed E-state index contributed by atoms with van der Waals surface area (Å²) in [6, 6.07) is 12.6. The van der Waals surface area contributed by atoms with Gasteiger partial charge in [-0.15, -0.1) is 0 Å². The number of rotatable bonds is 8. The van der Waals surface area contributed by atoms with E-state index < -0.39 is 5.91 Å². The fourth-order valence-electron chi connectivity index (χ4n) is 3.53. The van der Waals surface area contributed by atoms with Gasteiger partial charge < -0.3 is 19.5 Å². The number of ether oxygens (including phenoxy) is 3. The normalized spacial score (nSPS) is 11.2. The molecule has 34 heavy (non-hydrogen) atoms. The third-order valence-electron chi connectivity index (χ3n) is 5.37. The molecule has 1 amide bonds. The molecule has 0 bridgehead atoms. The fraction of sp³-hybridized carbons (Fsp3) is 0.320. The Kier molecular flexibility index (Phi) is 8.13. The third kappa shape index (κ3) is 5.48. The van der Waals surface area contributed by atoms with Gasteiger partial charge in [0.1, 0.15) is 5.75 Å². The number of para-hydroxylation sites is 3. The Morgan fingerprint density at radius 1 is 1.06 bits per heavy atom. The topological polar surface area (TPSA) is 99.0 Å². The number of nitrogens with one attached hydrogen (secondary N) is 2. The van der Waals surface area contributed by atoms with Crippen LogP contribution in [0.25, 0.3) is 0 Å². The maximum Gasteiger partial charge on any atom is 0.261 e. The quantitative estimate of drug-likeness (QED) is 0.387.